The van der Waals surface area contributed by atoms with Crippen LogP contribution in [-0.4, -0.2) is 66.9 Å². The molecule has 0 spiro atoms. The molecule has 3 rings (SSSR count). The van der Waals surface area contributed by atoms with E-state index in [4.69, 9.17) is 14.2 Å². The first-order valence-electron chi connectivity index (χ1n) is 12.1. The first kappa shape index (κ1) is 26.6. The zero-order valence-corrected chi connectivity index (χ0v) is 21.3. The van der Waals surface area contributed by atoms with Crippen molar-refractivity contribution < 1.29 is 28.6 Å². The summed E-state index contributed by atoms with van der Waals surface area (Å²) in [5.74, 6) is 5.45. The number of esters is 2. The van der Waals surface area contributed by atoms with Gasteiger partial charge in [0.25, 0.3) is 0 Å². The highest BCUT2D eigenvalue weighted by atomic mass is 16.6. The van der Waals surface area contributed by atoms with E-state index >= 15 is 0 Å². The van der Waals surface area contributed by atoms with Crippen molar-refractivity contribution in [2.45, 2.75) is 70.6 Å². The Hall–Kier alpha value is -3.05. The average Bonchev–Trinajstić information content (AvgIpc) is 3.22. The van der Waals surface area contributed by atoms with Gasteiger partial charge < -0.3 is 19.1 Å². The molecule has 1 aliphatic carbocycles. The Morgan fingerprint density at radius 1 is 1.17 bits per heavy atom. The van der Waals surface area contributed by atoms with Crippen LogP contribution >= 0.6 is 0 Å². The molecule has 2 fully saturated rings. The second-order valence-electron chi connectivity index (χ2n) is 10.2. The van der Waals surface area contributed by atoms with Crippen molar-refractivity contribution in [2.24, 2.45) is 5.92 Å². The summed E-state index contributed by atoms with van der Waals surface area (Å²) in [4.78, 5) is 38.9. The molecule has 8 nitrogen and oxygen atoms in total. The number of methoxy groups -OCH3 is 1. The van der Waals surface area contributed by atoms with Gasteiger partial charge in [-0.15, -0.1) is 0 Å². The number of nitrogens with one attached hydrogen (secondary N) is 1. The highest BCUT2D eigenvalue weighted by molar-refractivity contribution is 5.76. The van der Waals surface area contributed by atoms with E-state index in [-0.39, 0.29) is 31.1 Å². The van der Waals surface area contributed by atoms with Crippen molar-refractivity contribution >= 4 is 18.0 Å². The molecule has 1 saturated heterocycles. The summed E-state index contributed by atoms with van der Waals surface area (Å²) in [6.07, 6.45) is 2.45. The summed E-state index contributed by atoms with van der Waals surface area (Å²) in [6, 6.07) is 7.75. The van der Waals surface area contributed by atoms with Gasteiger partial charge >= 0.3 is 18.0 Å². The second kappa shape index (κ2) is 11.1. The predicted molar refractivity (Wildman–Crippen MR) is 130 cm³/mol. The molecule has 2 aliphatic rings. The molecule has 1 saturated carbocycles. The van der Waals surface area contributed by atoms with Crippen LogP contribution in [0.2, 0.25) is 0 Å². The molecule has 0 bridgehead atoms. The fourth-order valence-electron chi connectivity index (χ4n) is 4.95. The number of amides is 1. The lowest BCUT2D eigenvalue weighted by atomic mass is 9.72. The number of likely N-dealkylation sites (tertiary alicyclic amines) is 1. The number of rotatable bonds is 5. The fourth-order valence-corrected chi connectivity index (χ4v) is 4.95. The Labute approximate surface area is 207 Å². The number of hydrogen-bond donors (Lipinski definition) is 1. The molecular formula is C27H36N2O6. The minimum atomic E-state index is -1.03. The number of nitrogens with zero attached hydrogens (tertiary/aromatic N) is 1. The predicted octanol–water partition coefficient (Wildman–Crippen LogP) is 3.20. The van der Waals surface area contributed by atoms with E-state index in [1.54, 1.807) is 25.7 Å². The molecule has 1 aromatic rings. The Balaban J connectivity index is 1.78. The van der Waals surface area contributed by atoms with Gasteiger partial charge in [0, 0.05) is 24.1 Å². The van der Waals surface area contributed by atoms with E-state index in [9.17, 15) is 14.4 Å². The van der Waals surface area contributed by atoms with Gasteiger partial charge in [0.2, 0.25) is 0 Å². The van der Waals surface area contributed by atoms with Crippen molar-refractivity contribution in [3.63, 3.8) is 0 Å². The lowest BCUT2D eigenvalue weighted by Crippen LogP contribution is -2.52. The van der Waals surface area contributed by atoms with Gasteiger partial charge in [-0.2, -0.15) is 0 Å². The third-order valence-corrected chi connectivity index (χ3v) is 6.29. The fraction of sp³-hybridized carbons (Fsp3) is 0.593. The van der Waals surface area contributed by atoms with Crippen molar-refractivity contribution in [3.8, 4) is 11.8 Å². The van der Waals surface area contributed by atoms with Crippen molar-refractivity contribution in [3.05, 3.63) is 35.4 Å². The van der Waals surface area contributed by atoms with Gasteiger partial charge in [0.1, 0.15) is 5.60 Å². The smallest absolute Gasteiger partial charge is 0.409 e. The molecule has 1 heterocycles. The first-order chi connectivity index (χ1) is 16.5. The molecule has 190 valence electrons. The van der Waals surface area contributed by atoms with E-state index in [1.807, 2.05) is 31.2 Å². The quantitative estimate of drug-likeness (QED) is 0.390. The standard InChI is InChI=1S/C27H36N2O6/c1-19-8-6-9-20(16-19)11-14-27(35-24(31)18-28-17-23(30)34-26(2,3)4)13-7-10-22-21(27)12-15-29(22)25(32)33-5/h6,8-9,16,21-22,28H,7,10,12-13,15,17-18H2,1-5H3/t21-,22-,27-/m1/s1. The SMILES string of the molecule is COC(=O)N1CC[C@@H]2[C@H]1CCC[C@]2(C#Cc1cccc(C)c1)OC(=O)CNCC(=O)OC(C)(C)C. The molecule has 0 unspecified atom stereocenters. The molecule has 8 heteroatoms. The van der Waals surface area contributed by atoms with Crippen molar-refractivity contribution in [1.29, 1.82) is 0 Å². The van der Waals surface area contributed by atoms with Gasteiger partial charge in [-0.05, 0) is 77.0 Å². The van der Waals surface area contributed by atoms with E-state index in [2.05, 4.69) is 17.2 Å². The van der Waals surface area contributed by atoms with Gasteiger partial charge in [-0.3, -0.25) is 14.9 Å². The maximum Gasteiger partial charge on any atom is 0.409 e. The van der Waals surface area contributed by atoms with Gasteiger partial charge in [-0.25, -0.2) is 4.79 Å². The number of carbonyl (C=O) groups is 3. The largest absolute Gasteiger partial charge is 0.459 e. The van der Waals surface area contributed by atoms with Crippen LogP contribution in [0.15, 0.2) is 24.3 Å². The summed E-state index contributed by atoms with van der Waals surface area (Å²) in [7, 11) is 1.37. The Morgan fingerprint density at radius 3 is 2.60 bits per heavy atom. The zero-order chi connectivity index (χ0) is 25.6. The average molecular weight is 485 g/mol. The summed E-state index contributed by atoms with van der Waals surface area (Å²) in [5.41, 5.74) is 0.307. The van der Waals surface area contributed by atoms with Gasteiger partial charge in [-0.1, -0.05) is 18.1 Å². The third-order valence-electron chi connectivity index (χ3n) is 6.29. The number of aryl methyl sites for hydroxylation is 1. The molecule has 3 atom stereocenters. The van der Waals surface area contributed by atoms with E-state index in [1.165, 1.54) is 7.11 Å². The lowest BCUT2D eigenvalue weighted by Gasteiger charge is -2.42. The molecule has 0 aromatic heterocycles. The van der Waals surface area contributed by atoms with Gasteiger partial charge in [0.05, 0.1) is 20.2 Å². The zero-order valence-electron chi connectivity index (χ0n) is 21.3. The normalized spacial score (nSPS) is 23.5. The molecular weight excluding hydrogens is 448 g/mol. The lowest BCUT2D eigenvalue weighted by molar-refractivity contribution is -0.161. The molecule has 35 heavy (non-hydrogen) atoms. The van der Waals surface area contributed by atoms with E-state index in [0.29, 0.717) is 19.4 Å². The maximum absolute atomic E-state index is 12.9. The molecule has 1 N–H and O–H groups in total. The molecule has 1 aliphatic heterocycles. The minimum Gasteiger partial charge on any atom is -0.459 e. The highest BCUT2D eigenvalue weighted by Gasteiger charge is 2.53. The second-order valence-corrected chi connectivity index (χ2v) is 10.2. The number of benzene rings is 1. The highest BCUT2D eigenvalue weighted by Crippen LogP contribution is 2.45. The summed E-state index contributed by atoms with van der Waals surface area (Å²) in [6.45, 7) is 7.64. The van der Waals surface area contributed by atoms with Crippen molar-refractivity contribution in [2.75, 3.05) is 26.7 Å². The summed E-state index contributed by atoms with van der Waals surface area (Å²) < 4.78 is 16.3. The molecule has 0 radical (unpaired) electrons. The first-order valence-corrected chi connectivity index (χ1v) is 12.1. The molecule has 1 aromatic carbocycles. The number of carbonyl (C=O) groups excluding carboxylic acids is 3. The van der Waals surface area contributed by atoms with Gasteiger partial charge in [0.15, 0.2) is 5.60 Å². The van der Waals surface area contributed by atoms with Crippen LogP contribution in [-0.2, 0) is 23.8 Å². The minimum absolute atomic E-state index is 0.101. The monoisotopic (exact) mass is 484 g/mol. The Kier molecular flexibility index (Phi) is 8.44. The summed E-state index contributed by atoms with van der Waals surface area (Å²) >= 11 is 0. The van der Waals surface area contributed by atoms with Crippen LogP contribution < -0.4 is 5.32 Å². The summed E-state index contributed by atoms with van der Waals surface area (Å²) in [5, 5.41) is 2.81. The van der Waals surface area contributed by atoms with E-state index < -0.39 is 23.1 Å². The van der Waals surface area contributed by atoms with Crippen LogP contribution in [0.5, 0.6) is 0 Å². The topological polar surface area (TPSA) is 94.2 Å². The number of fused-ring (bicyclic) bond motifs is 1. The maximum atomic E-state index is 12.9. The molecule has 1 amide bonds. The van der Waals surface area contributed by atoms with E-state index in [0.717, 1.165) is 24.0 Å². The van der Waals surface area contributed by atoms with Crippen LogP contribution in [0.4, 0.5) is 4.79 Å². The van der Waals surface area contributed by atoms with Crippen LogP contribution in [0.3, 0.4) is 0 Å². The Bertz CT molecular complexity index is 1000. The third kappa shape index (κ3) is 6.98. The van der Waals surface area contributed by atoms with Crippen molar-refractivity contribution in [1.82, 2.24) is 10.2 Å². The number of ether oxygens (including phenoxy) is 3. The number of hydrogen-bond acceptors (Lipinski definition) is 7. The Morgan fingerprint density at radius 2 is 1.91 bits per heavy atom. The van der Waals surface area contributed by atoms with Crippen LogP contribution in [0, 0.1) is 24.7 Å². The van der Waals surface area contributed by atoms with Crippen LogP contribution in [0.1, 0.15) is 57.6 Å². The van der Waals surface area contributed by atoms with Crippen LogP contribution in [0.25, 0.3) is 0 Å².